The van der Waals surface area contributed by atoms with E-state index in [0.29, 0.717) is 25.3 Å². The highest BCUT2D eigenvalue weighted by atomic mass is 16.5. The molecule has 0 spiro atoms. The second-order valence-corrected chi connectivity index (χ2v) is 5.26. The molecule has 3 heterocycles. The number of nitrogens with zero attached hydrogens (tertiary/aromatic N) is 4. The molecule has 2 aromatic rings. The molecule has 1 N–H and O–H groups in total. The van der Waals surface area contributed by atoms with Crippen molar-refractivity contribution >= 4 is 5.91 Å². The molecule has 2 aromatic heterocycles. The molecule has 0 unspecified atom stereocenters. The number of carbonyl (C=O) groups is 1. The summed E-state index contributed by atoms with van der Waals surface area (Å²) in [6.07, 6.45) is 4.94. The van der Waals surface area contributed by atoms with Crippen molar-refractivity contribution in [3.63, 3.8) is 0 Å². The molecule has 7 heteroatoms. The highest BCUT2D eigenvalue weighted by Gasteiger charge is 2.35. The topological polar surface area (TPSA) is 92.4 Å². The summed E-state index contributed by atoms with van der Waals surface area (Å²) >= 11 is 0. The van der Waals surface area contributed by atoms with Crippen LogP contribution in [0.3, 0.4) is 0 Å². The van der Waals surface area contributed by atoms with Gasteiger partial charge in [0.25, 0.3) is 5.91 Å². The smallest absolute Gasteiger partial charge is 0.276 e. The third-order valence-electron chi connectivity index (χ3n) is 3.63. The van der Waals surface area contributed by atoms with Gasteiger partial charge in [-0.05, 0) is 13.3 Å². The van der Waals surface area contributed by atoms with Gasteiger partial charge >= 0.3 is 0 Å². The maximum absolute atomic E-state index is 12.3. The Balaban J connectivity index is 1.67. The Morgan fingerprint density at radius 1 is 1.48 bits per heavy atom. The van der Waals surface area contributed by atoms with Crippen LogP contribution in [-0.2, 0) is 6.42 Å². The molecule has 3 rings (SSSR count). The Morgan fingerprint density at radius 3 is 3.00 bits per heavy atom. The summed E-state index contributed by atoms with van der Waals surface area (Å²) in [6, 6.07) is 1.60. The fraction of sp³-hybridized carbons (Fsp3) is 0.429. The highest BCUT2D eigenvalue weighted by molar-refractivity contribution is 5.92. The van der Waals surface area contributed by atoms with E-state index in [1.54, 1.807) is 36.5 Å². The monoisotopic (exact) mass is 288 g/mol. The largest absolute Gasteiger partial charge is 0.391 e. The minimum atomic E-state index is -0.566. The van der Waals surface area contributed by atoms with E-state index in [9.17, 15) is 9.90 Å². The molecule has 2 atom stereocenters. The van der Waals surface area contributed by atoms with Gasteiger partial charge < -0.3 is 14.5 Å². The van der Waals surface area contributed by atoms with Crippen molar-refractivity contribution < 1.29 is 14.4 Å². The molecule has 0 aliphatic carbocycles. The van der Waals surface area contributed by atoms with E-state index in [2.05, 4.69) is 15.1 Å². The number of hydrogen-bond acceptors (Lipinski definition) is 6. The highest BCUT2D eigenvalue weighted by Crippen LogP contribution is 2.22. The van der Waals surface area contributed by atoms with Gasteiger partial charge in [0.1, 0.15) is 5.76 Å². The van der Waals surface area contributed by atoms with E-state index in [1.807, 2.05) is 0 Å². The number of hydrogen-bond donors (Lipinski definition) is 1. The Bertz CT molecular complexity index is 628. The minimum Gasteiger partial charge on any atom is -0.391 e. The zero-order valence-electron chi connectivity index (χ0n) is 11.6. The number of aliphatic hydroxyl groups excluding tert-OH is 1. The number of likely N-dealkylation sites (tertiary alicyclic amines) is 1. The van der Waals surface area contributed by atoms with Crippen LogP contribution >= 0.6 is 0 Å². The lowest BCUT2D eigenvalue weighted by Gasteiger charge is -2.14. The van der Waals surface area contributed by atoms with Crippen molar-refractivity contribution in [1.29, 1.82) is 0 Å². The normalized spacial score (nSPS) is 21.7. The first-order chi connectivity index (χ1) is 10.1. The second kappa shape index (κ2) is 5.61. The molecule has 0 saturated carbocycles. The molecule has 7 nitrogen and oxygen atoms in total. The third-order valence-corrected chi connectivity index (χ3v) is 3.63. The first-order valence-corrected chi connectivity index (χ1v) is 6.79. The van der Waals surface area contributed by atoms with E-state index in [-0.39, 0.29) is 17.5 Å². The molecule has 21 heavy (non-hydrogen) atoms. The molecular weight excluding hydrogens is 272 g/mol. The molecule has 0 radical (unpaired) electrons. The van der Waals surface area contributed by atoms with Gasteiger partial charge in [-0.25, -0.2) is 0 Å². The van der Waals surface area contributed by atoms with Crippen LogP contribution in [0.15, 0.2) is 29.2 Å². The van der Waals surface area contributed by atoms with Gasteiger partial charge in [0.2, 0.25) is 0 Å². The molecular formula is C14H16N4O3. The number of amides is 1. The number of aromatic nitrogens is 3. The summed E-state index contributed by atoms with van der Waals surface area (Å²) < 4.78 is 4.92. The zero-order chi connectivity index (χ0) is 14.8. The third kappa shape index (κ3) is 2.92. The van der Waals surface area contributed by atoms with Gasteiger partial charge in [0.05, 0.1) is 11.8 Å². The lowest BCUT2D eigenvalue weighted by molar-refractivity contribution is 0.0754. The van der Waals surface area contributed by atoms with Crippen molar-refractivity contribution in [1.82, 2.24) is 20.0 Å². The Morgan fingerprint density at radius 2 is 2.33 bits per heavy atom. The fourth-order valence-electron chi connectivity index (χ4n) is 2.55. The number of aryl methyl sites for hydroxylation is 1. The standard InChI is InChI=1S/C14H16N4O3/c1-9-4-12(17-21-9)14(20)18-7-10(13(19)8-18)5-11-6-15-2-3-16-11/h2-4,6,10,13,19H,5,7-8H2,1H3/t10-,13-/m1/s1. The fourth-order valence-corrected chi connectivity index (χ4v) is 2.55. The van der Waals surface area contributed by atoms with Gasteiger partial charge in [-0.3, -0.25) is 14.8 Å². The maximum atomic E-state index is 12.3. The van der Waals surface area contributed by atoms with E-state index in [4.69, 9.17) is 4.52 Å². The molecule has 110 valence electrons. The quantitative estimate of drug-likeness (QED) is 0.881. The predicted molar refractivity (Wildman–Crippen MR) is 72.4 cm³/mol. The van der Waals surface area contributed by atoms with Gasteiger partial charge in [-0.1, -0.05) is 5.16 Å². The van der Waals surface area contributed by atoms with E-state index >= 15 is 0 Å². The summed E-state index contributed by atoms with van der Waals surface area (Å²) in [5.74, 6) is 0.334. The summed E-state index contributed by atoms with van der Waals surface area (Å²) in [4.78, 5) is 22.1. The zero-order valence-corrected chi connectivity index (χ0v) is 11.6. The van der Waals surface area contributed by atoms with Crippen LogP contribution in [0.25, 0.3) is 0 Å². The Hall–Kier alpha value is -2.28. The van der Waals surface area contributed by atoms with Crippen LogP contribution in [0.1, 0.15) is 21.9 Å². The van der Waals surface area contributed by atoms with Gasteiger partial charge in [-0.15, -0.1) is 0 Å². The van der Waals surface area contributed by atoms with Crippen LogP contribution in [0.2, 0.25) is 0 Å². The predicted octanol–water partition coefficient (Wildman–Crippen LogP) is 0.449. The first kappa shape index (κ1) is 13.7. The lowest BCUT2D eigenvalue weighted by atomic mass is 10.0. The molecule has 0 aromatic carbocycles. The van der Waals surface area contributed by atoms with Crippen LogP contribution in [0.5, 0.6) is 0 Å². The SMILES string of the molecule is Cc1cc(C(=O)N2C[C@@H](Cc3cnccn3)[C@H](O)C2)no1. The lowest BCUT2D eigenvalue weighted by Crippen LogP contribution is -2.29. The Labute approximate surface area is 121 Å². The molecule has 1 aliphatic rings. The average Bonchev–Trinajstić information content (AvgIpc) is 3.06. The van der Waals surface area contributed by atoms with Gasteiger partial charge in [-0.2, -0.15) is 0 Å². The van der Waals surface area contributed by atoms with Crippen molar-refractivity contribution in [3.05, 3.63) is 41.8 Å². The molecule has 1 saturated heterocycles. The van der Waals surface area contributed by atoms with Crippen LogP contribution in [0, 0.1) is 12.8 Å². The summed E-state index contributed by atoms with van der Waals surface area (Å²) in [7, 11) is 0. The maximum Gasteiger partial charge on any atom is 0.276 e. The van der Waals surface area contributed by atoms with Crippen LogP contribution < -0.4 is 0 Å². The Kier molecular flexibility index (Phi) is 3.66. The van der Waals surface area contributed by atoms with Gasteiger partial charge in [0.15, 0.2) is 5.69 Å². The van der Waals surface area contributed by atoms with E-state index in [0.717, 1.165) is 5.69 Å². The second-order valence-electron chi connectivity index (χ2n) is 5.26. The van der Waals surface area contributed by atoms with Crippen LogP contribution in [0.4, 0.5) is 0 Å². The average molecular weight is 288 g/mol. The van der Waals surface area contributed by atoms with Gasteiger partial charge in [0, 0.05) is 43.7 Å². The summed E-state index contributed by atoms with van der Waals surface area (Å²) in [6.45, 7) is 2.51. The van der Waals surface area contributed by atoms with Crippen molar-refractivity contribution in [2.75, 3.05) is 13.1 Å². The van der Waals surface area contributed by atoms with Crippen molar-refractivity contribution in [3.8, 4) is 0 Å². The first-order valence-electron chi connectivity index (χ1n) is 6.79. The molecule has 1 fully saturated rings. The van der Waals surface area contributed by atoms with Crippen LogP contribution in [-0.4, -0.2) is 50.2 Å². The number of aliphatic hydroxyl groups is 1. The number of carbonyl (C=O) groups excluding carboxylic acids is 1. The van der Waals surface area contributed by atoms with E-state index < -0.39 is 6.10 Å². The van der Waals surface area contributed by atoms with Crippen molar-refractivity contribution in [2.45, 2.75) is 19.4 Å². The summed E-state index contributed by atoms with van der Waals surface area (Å²) in [5.41, 5.74) is 1.09. The molecule has 1 aliphatic heterocycles. The minimum absolute atomic E-state index is 0.0429. The van der Waals surface area contributed by atoms with E-state index in [1.165, 1.54) is 0 Å². The summed E-state index contributed by atoms with van der Waals surface area (Å²) in [5, 5.41) is 13.9. The number of rotatable bonds is 3. The molecule has 0 bridgehead atoms. The number of β-amino-alcohol motifs (C(OH)–C–C–N with tert-alkyl or cyclic N) is 1. The molecule has 1 amide bonds. The van der Waals surface area contributed by atoms with Crippen molar-refractivity contribution in [2.24, 2.45) is 5.92 Å².